The number of ether oxygens (including phenoxy) is 1. The van der Waals surface area contributed by atoms with Crippen LogP contribution < -0.4 is 5.32 Å². The van der Waals surface area contributed by atoms with Crippen LogP contribution in [0.15, 0.2) is 23.8 Å². The smallest absolute Gasteiger partial charge is 0.148 e. The second kappa shape index (κ2) is 7.62. The van der Waals surface area contributed by atoms with E-state index in [1.165, 1.54) is 10.6 Å². The summed E-state index contributed by atoms with van der Waals surface area (Å²) in [5.41, 5.74) is 3.09. The van der Waals surface area contributed by atoms with Gasteiger partial charge in [0.05, 0.1) is 23.9 Å². The third-order valence-electron chi connectivity index (χ3n) is 3.81. The van der Waals surface area contributed by atoms with E-state index in [1.807, 2.05) is 17.6 Å². The first-order valence-electron chi connectivity index (χ1n) is 7.56. The normalized spacial score (nSPS) is 19.2. The third-order valence-corrected chi connectivity index (χ3v) is 4.80. The van der Waals surface area contributed by atoms with Crippen LogP contribution in [0, 0.1) is 6.92 Å². The van der Waals surface area contributed by atoms with Crippen molar-refractivity contribution in [2.24, 2.45) is 0 Å². The van der Waals surface area contributed by atoms with Crippen molar-refractivity contribution in [3.63, 3.8) is 0 Å². The highest BCUT2D eigenvalue weighted by atomic mass is 32.1. The lowest BCUT2D eigenvalue weighted by molar-refractivity contribution is -0.0206. The van der Waals surface area contributed by atoms with Gasteiger partial charge in [0.1, 0.15) is 5.82 Å². The molecule has 0 aromatic carbocycles. The van der Waals surface area contributed by atoms with Gasteiger partial charge in [-0.3, -0.25) is 4.90 Å². The fourth-order valence-corrected chi connectivity index (χ4v) is 3.32. The molecule has 6 nitrogen and oxygen atoms in total. The molecule has 1 unspecified atom stereocenters. The van der Waals surface area contributed by atoms with Crippen LogP contribution in [0.1, 0.15) is 10.6 Å². The van der Waals surface area contributed by atoms with E-state index in [9.17, 15) is 0 Å². The van der Waals surface area contributed by atoms with Gasteiger partial charge >= 0.3 is 0 Å². The Morgan fingerprint density at radius 1 is 1.50 bits per heavy atom. The topological polar surface area (TPSA) is 63.2 Å². The first kappa shape index (κ1) is 15.3. The molecule has 3 heterocycles. The zero-order valence-corrected chi connectivity index (χ0v) is 13.6. The molecule has 22 heavy (non-hydrogen) atoms. The van der Waals surface area contributed by atoms with Gasteiger partial charge in [-0.2, -0.15) is 5.10 Å². The van der Waals surface area contributed by atoms with Gasteiger partial charge in [-0.05, 0) is 25.5 Å². The Morgan fingerprint density at radius 2 is 2.45 bits per heavy atom. The lowest BCUT2D eigenvalue weighted by Gasteiger charge is -2.33. The fraction of sp³-hybridized carbons (Fsp3) is 0.533. The lowest BCUT2D eigenvalue weighted by atomic mass is 10.2. The molecule has 7 heteroatoms. The van der Waals surface area contributed by atoms with E-state index in [1.54, 1.807) is 17.5 Å². The monoisotopic (exact) mass is 319 g/mol. The zero-order valence-electron chi connectivity index (χ0n) is 12.7. The number of rotatable bonds is 6. The Bertz CT molecular complexity index is 576. The maximum Gasteiger partial charge on any atom is 0.148 e. The van der Waals surface area contributed by atoms with E-state index in [-0.39, 0.29) is 6.10 Å². The summed E-state index contributed by atoms with van der Waals surface area (Å²) >= 11 is 1.75. The predicted octanol–water partition coefficient (Wildman–Crippen LogP) is 1.60. The summed E-state index contributed by atoms with van der Waals surface area (Å²) in [6, 6.07) is 3.79. The summed E-state index contributed by atoms with van der Waals surface area (Å²) in [6.07, 6.45) is 2.94. The van der Waals surface area contributed by atoms with Gasteiger partial charge < -0.3 is 10.1 Å². The van der Waals surface area contributed by atoms with Crippen molar-refractivity contribution in [1.29, 1.82) is 0 Å². The van der Waals surface area contributed by atoms with Crippen LogP contribution >= 0.6 is 11.3 Å². The second-order valence-corrected chi connectivity index (χ2v) is 6.33. The maximum absolute atomic E-state index is 5.83. The minimum atomic E-state index is 0.193. The minimum absolute atomic E-state index is 0.193. The molecule has 1 aliphatic heterocycles. The van der Waals surface area contributed by atoms with E-state index in [4.69, 9.17) is 4.74 Å². The van der Waals surface area contributed by atoms with E-state index >= 15 is 0 Å². The SMILES string of the molecule is Cc1ncsc1CCN1CCOC(CNc2cccnn2)C1. The summed E-state index contributed by atoms with van der Waals surface area (Å²) in [5.74, 6) is 0.795. The quantitative estimate of drug-likeness (QED) is 0.872. The summed E-state index contributed by atoms with van der Waals surface area (Å²) in [6.45, 7) is 6.64. The van der Waals surface area contributed by atoms with Crippen molar-refractivity contribution in [3.8, 4) is 0 Å². The lowest BCUT2D eigenvalue weighted by Crippen LogP contribution is -2.45. The van der Waals surface area contributed by atoms with Gasteiger partial charge in [0, 0.05) is 37.3 Å². The number of hydrogen-bond donors (Lipinski definition) is 1. The second-order valence-electron chi connectivity index (χ2n) is 5.39. The van der Waals surface area contributed by atoms with Gasteiger partial charge in [0.15, 0.2) is 0 Å². The maximum atomic E-state index is 5.83. The Balaban J connectivity index is 1.44. The summed E-state index contributed by atoms with van der Waals surface area (Å²) in [4.78, 5) is 8.16. The fourth-order valence-electron chi connectivity index (χ4n) is 2.55. The van der Waals surface area contributed by atoms with Crippen molar-refractivity contribution in [1.82, 2.24) is 20.1 Å². The van der Waals surface area contributed by atoms with Crippen LogP contribution in [0.25, 0.3) is 0 Å². The average molecular weight is 319 g/mol. The molecule has 3 rings (SSSR count). The number of morpholine rings is 1. The van der Waals surface area contributed by atoms with E-state index in [0.29, 0.717) is 0 Å². The number of hydrogen-bond acceptors (Lipinski definition) is 7. The molecule has 2 aromatic heterocycles. The molecule has 0 bridgehead atoms. The number of nitrogens with one attached hydrogen (secondary N) is 1. The Morgan fingerprint density at radius 3 is 3.23 bits per heavy atom. The molecule has 1 aliphatic rings. The minimum Gasteiger partial charge on any atom is -0.374 e. The summed E-state index contributed by atoms with van der Waals surface area (Å²) in [5, 5.41) is 11.2. The van der Waals surface area contributed by atoms with E-state index < -0.39 is 0 Å². The first-order chi connectivity index (χ1) is 10.8. The number of anilines is 1. The van der Waals surface area contributed by atoms with Crippen molar-refractivity contribution in [3.05, 3.63) is 34.4 Å². The number of nitrogens with zero attached hydrogens (tertiary/aromatic N) is 4. The van der Waals surface area contributed by atoms with Gasteiger partial charge in [-0.15, -0.1) is 16.4 Å². The number of thiazole rings is 1. The first-order valence-corrected chi connectivity index (χ1v) is 8.44. The molecule has 0 amide bonds. The zero-order chi connectivity index (χ0) is 15.2. The van der Waals surface area contributed by atoms with Crippen LogP contribution in [0.4, 0.5) is 5.82 Å². The van der Waals surface area contributed by atoms with Crippen LogP contribution in [0.2, 0.25) is 0 Å². The molecule has 118 valence electrons. The van der Waals surface area contributed by atoms with Gasteiger partial charge in [-0.1, -0.05) is 0 Å². The highest BCUT2D eigenvalue weighted by molar-refractivity contribution is 7.09. The van der Waals surface area contributed by atoms with Gasteiger partial charge in [0.2, 0.25) is 0 Å². The van der Waals surface area contributed by atoms with E-state index in [0.717, 1.165) is 45.0 Å². The molecule has 1 saturated heterocycles. The highest BCUT2D eigenvalue weighted by Gasteiger charge is 2.20. The highest BCUT2D eigenvalue weighted by Crippen LogP contribution is 2.14. The average Bonchev–Trinajstić information content (AvgIpc) is 2.98. The molecule has 0 radical (unpaired) electrons. The van der Waals surface area contributed by atoms with Gasteiger partial charge in [0.25, 0.3) is 0 Å². The molecule has 1 atom stereocenters. The molecule has 0 saturated carbocycles. The van der Waals surface area contributed by atoms with Crippen LogP contribution in [-0.4, -0.2) is 59.0 Å². The Kier molecular flexibility index (Phi) is 5.31. The standard InChI is InChI=1S/C15H21N5OS/c1-12-14(22-11-17-12)4-6-20-7-8-21-13(10-20)9-16-15-3-2-5-18-19-15/h2-3,5,11,13H,4,6-10H2,1H3,(H,16,19). The summed E-state index contributed by atoms with van der Waals surface area (Å²) in [7, 11) is 0. The molecule has 2 aromatic rings. The van der Waals surface area contributed by atoms with E-state index in [2.05, 4.69) is 32.3 Å². The number of aromatic nitrogens is 3. The van der Waals surface area contributed by atoms with Crippen LogP contribution in [0.5, 0.6) is 0 Å². The Labute approximate surface area is 134 Å². The van der Waals surface area contributed by atoms with Crippen LogP contribution in [0.3, 0.4) is 0 Å². The van der Waals surface area contributed by atoms with Crippen molar-refractivity contribution < 1.29 is 4.74 Å². The third kappa shape index (κ3) is 4.22. The molecular formula is C15H21N5OS. The largest absolute Gasteiger partial charge is 0.374 e. The number of aryl methyl sites for hydroxylation is 1. The predicted molar refractivity (Wildman–Crippen MR) is 87.3 cm³/mol. The molecule has 0 spiro atoms. The molecule has 1 N–H and O–H groups in total. The molecule has 0 aliphatic carbocycles. The van der Waals surface area contributed by atoms with Gasteiger partial charge in [-0.25, -0.2) is 4.98 Å². The molecular weight excluding hydrogens is 298 g/mol. The molecule has 1 fully saturated rings. The Hall–Kier alpha value is -1.57. The van der Waals surface area contributed by atoms with Crippen molar-refractivity contribution >= 4 is 17.2 Å². The summed E-state index contributed by atoms with van der Waals surface area (Å²) < 4.78 is 5.83. The van der Waals surface area contributed by atoms with Crippen molar-refractivity contribution in [2.45, 2.75) is 19.4 Å². The van der Waals surface area contributed by atoms with Crippen molar-refractivity contribution in [2.75, 3.05) is 38.1 Å². The van der Waals surface area contributed by atoms with Crippen LogP contribution in [-0.2, 0) is 11.2 Å².